The zero-order chi connectivity index (χ0) is 22.8. The largest absolute Gasteiger partial charge is 0.496 e. The Hall–Kier alpha value is -3.48. The number of aromatic nitrogens is 1. The van der Waals surface area contributed by atoms with Gasteiger partial charge >= 0.3 is 11.9 Å². The SMILES string of the molecule is COC(=O)c1ccc(C(CC(=O)OC(C)(C)C)c2c[nH]c3ccc(N)cc23)c(OC)c1. The Labute approximate surface area is 181 Å². The van der Waals surface area contributed by atoms with Crippen LogP contribution in [0.3, 0.4) is 0 Å². The van der Waals surface area contributed by atoms with Crippen molar-refractivity contribution in [1.82, 2.24) is 4.98 Å². The van der Waals surface area contributed by atoms with Crippen LogP contribution < -0.4 is 10.5 Å². The maximum atomic E-state index is 12.8. The van der Waals surface area contributed by atoms with Crippen molar-refractivity contribution in [3.63, 3.8) is 0 Å². The Morgan fingerprint density at radius 3 is 2.45 bits per heavy atom. The van der Waals surface area contributed by atoms with E-state index in [9.17, 15) is 9.59 Å². The monoisotopic (exact) mass is 424 g/mol. The van der Waals surface area contributed by atoms with Crippen molar-refractivity contribution in [3.8, 4) is 5.75 Å². The molecule has 1 aromatic heterocycles. The number of nitrogens with two attached hydrogens (primary N) is 1. The topological polar surface area (TPSA) is 104 Å². The average molecular weight is 424 g/mol. The lowest BCUT2D eigenvalue weighted by molar-refractivity contribution is -0.155. The number of H-pyrrole nitrogens is 1. The number of hydrogen-bond donors (Lipinski definition) is 2. The fourth-order valence-corrected chi connectivity index (χ4v) is 3.63. The number of fused-ring (bicyclic) bond motifs is 1. The first kappa shape index (κ1) is 22.2. The summed E-state index contributed by atoms with van der Waals surface area (Å²) in [6, 6.07) is 10.7. The molecular weight excluding hydrogens is 396 g/mol. The van der Waals surface area contributed by atoms with E-state index in [1.807, 2.05) is 45.2 Å². The van der Waals surface area contributed by atoms with Gasteiger partial charge in [0.1, 0.15) is 11.4 Å². The number of aromatic amines is 1. The lowest BCUT2D eigenvalue weighted by atomic mass is 9.87. The second kappa shape index (κ2) is 8.71. The van der Waals surface area contributed by atoms with E-state index < -0.39 is 11.6 Å². The molecule has 3 rings (SSSR count). The van der Waals surface area contributed by atoms with Crippen LogP contribution in [0.25, 0.3) is 10.9 Å². The highest BCUT2D eigenvalue weighted by atomic mass is 16.6. The highest BCUT2D eigenvalue weighted by Gasteiger charge is 2.28. The smallest absolute Gasteiger partial charge is 0.337 e. The van der Waals surface area contributed by atoms with Crippen molar-refractivity contribution in [2.75, 3.05) is 20.0 Å². The predicted molar refractivity (Wildman–Crippen MR) is 119 cm³/mol. The molecule has 0 aliphatic carbocycles. The summed E-state index contributed by atoms with van der Waals surface area (Å²) < 4.78 is 16.0. The van der Waals surface area contributed by atoms with Crippen molar-refractivity contribution in [3.05, 3.63) is 59.3 Å². The van der Waals surface area contributed by atoms with E-state index in [-0.39, 0.29) is 18.3 Å². The van der Waals surface area contributed by atoms with E-state index in [1.165, 1.54) is 14.2 Å². The molecule has 2 aromatic carbocycles. The van der Waals surface area contributed by atoms with Gasteiger partial charge in [-0.3, -0.25) is 4.79 Å². The third-order valence-electron chi connectivity index (χ3n) is 4.93. The van der Waals surface area contributed by atoms with E-state index in [2.05, 4.69) is 4.98 Å². The van der Waals surface area contributed by atoms with Gasteiger partial charge in [-0.1, -0.05) is 6.07 Å². The van der Waals surface area contributed by atoms with Crippen molar-refractivity contribution < 1.29 is 23.8 Å². The van der Waals surface area contributed by atoms with Crippen molar-refractivity contribution >= 4 is 28.5 Å². The van der Waals surface area contributed by atoms with Crippen molar-refractivity contribution in [2.45, 2.75) is 38.7 Å². The quantitative estimate of drug-likeness (QED) is 0.449. The second-order valence-electron chi connectivity index (χ2n) is 8.34. The van der Waals surface area contributed by atoms with Gasteiger partial charge in [0.05, 0.1) is 26.2 Å². The van der Waals surface area contributed by atoms with Crippen molar-refractivity contribution in [1.29, 1.82) is 0 Å². The molecule has 1 atom stereocenters. The molecule has 1 heterocycles. The highest BCUT2D eigenvalue weighted by Crippen LogP contribution is 2.39. The fourth-order valence-electron chi connectivity index (χ4n) is 3.63. The number of rotatable bonds is 6. The number of anilines is 1. The van der Waals surface area contributed by atoms with E-state index in [0.717, 1.165) is 22.0 Å². The summed E-state index contributed by atoms with van der Waals surface area (Å²) >= 11 is 0. The molecule has 0 saturated heterocycles. The maximum absolute atomic E-state index is 12.8. The summed E-state index contributed by atoms with van der Waals surface area (Å²) in [6.07, 6.45) is 1.96. The molecule has 0 aliphatic rings. The molecule has 0 saturated carbocycles. The average Bonchev–Trinajstić information content (AvgIpc) is 3.12. The molecule has 7 heteroatoms. The van der Waals surface area contributed by atoms with Crippen LogP contribution in [0.5, 0.6) is 5.75 Å². The summed E-state index contributed by atoms with van der Waals surface area (Å²) in [5.74, 6) is -0.704. The molecule has 3 aromatic rings. The normalized spacial score (nSPS) is 12.4. The number of nitrogen functional groups attached to an aromatic ring is 1. The molecule has 0 radical (unpaired) electrons. The van der Waals surface area contributed by atoms with Gasteiger partial charge in [-0.05, 0) is 56.7 Å². The molecule has 0 amide bonds. The summed E-state index contributed by atoms with van der Waals surface area (Å²) in [5, 5.41) is 0.910. The predicted octanol–water partition coefficient (Wildman–Crippen LogP) is 4.41. The number of ether oxygens (including phenoxy) is 3. The number of carbonyl (C=O) groups excluding carboxylic acids is 2. The molecule has 31 heavy (non-hydrogen) atoms. The van der Waals surface area contributed by atoms with Gasteiger partial charge in [-0.25, -0.2) is 4.79 Å². The molecule has 7 nitrogen and oxygen atoms in total. The first-order valence-corrected chi connectivity index (χ1v) is 9.97. The van der Waals surface area contributed by atoms with Gasteiger partial charge in [-0.2, -0.15) is 0 Å². The Balaban J connectivity index is 2.13. The third-order valence-corrected chi connectivity index (χ3v) is 4.93. The molecule has 0 aliphatic heterocycles. The summed E-state index contributed by atoms with van der Waals surface area (Å²) in [4.78, 5) is 28.0. The zero-order valence-electron chi connectivity index (χ0n) is 18.4. The Morgan fingerprint density at radius 2 is 1.81 bits per heavy atom. The number of carbonyl (C=O) groups is 2. The number of nitrogens with one attached hydrogen (secondary N) is 1. The Bertz CT molecular complexity index is 1110. The van der Waals surface area contributed by atoms with Gasteiger partial charge in [-0.15, -0.1) is 0 Å². The van der Waals surface area contributed by atoms with Gasteiger partial charge in [0, 0.05) is 34.3 Å². The molecule has 3 N–H and O–H groups in total. The summed E-state index contributed by atoms with van der Waals surface area (Å²) in [6.45, 7) is 5.49. The lowest BCUT2D eigenvalue weighted by Gasteiger charge is -2.24. The number of esters is 2. The number of benzene rings is 2. The Kier molecular flexibility index (Phi) is 6.24. The van der Waals surface area contributed by atoms with E-state index in [0.29, 0.717) is 17.0 Å². The minimum absolute atomic E-state index is 0.0902. The van der Waals surface area contributed by atoms with Crippen LogP contribution in [0.2, 0.25) is 0 Å². The minimum Gasteiger partial charge on any atom is -0.496 e. The minimum atomic E-state index is -0.606. The van der Waals surface area contributed by atoms with Crippen LogP contribution in [0, 0.1) is 0 Å². The molecule has 0 bridgehead atoms. The van der Waals surface area contributed by atoms with Crippen LogP contribution in [-0.4, -0.2) is 36.7 Å². The fraction of sp³-hybridized carbons (Fsp3) is 0.333. The molecule has 0 fully saturated rings. The first-order chi connectivity index (χ1) is 14.6. The van der Waals surface area contributed by atoms with E-state index >= 15 is 0 Å². The van der Waals surface area contributed by atoms with Crippen LogP contribution in [0.15, 0.2) is 42.6 Å². The van der Waals surface area contributed by atoms with Crippen LogP contribution >= 0.6 is 0 Å². The summed E-state index contributed by atoms with van der Waals surface area (Å²) in [5.41, 5.74) is 8.94. The van der Waals surface area contributed by atoms with Crippen molar-refractivity contribution in [2.24, 2.45) is 0 Å². The molecule has 0 spiro atoms. The van der Waals surface area contributed by atoms with Gasteiger partial charge in [0.25, 0.3) is 0 Å². The summed E-state index contributed by atoms with van der Waals surface area (Å²) in [7, 11) is 2.85. The van der Waals surface area contributed by atoms with Gasteiger partial charge in [0.2, 0.25) is 0 Å². The number of methoxy groups -OCH3 is 2. The van der Waals surface area contributed by atoms with Crippen LogP contribution in [0.4, 0.5) is 5.69 Å². The van der Waals surface area contributed by atoms with E-state index in [1.54, 1.807) is 18.2 Å². The second-order valence-corrected chi connectivity index (χ2v) is 8.34. The molecule has 1 unspecified atom stereocenters. The standard InChI is InChI=1S/C24H28N2O5/c1-24(2,3)31-22(27)12-17(19-13-26-20-9-7-15(25)11-18(19)20)16-8-6-14(23(28)30-5)10-21(16)29-4/h6-11,13,17,26H,12,25H2,1-5H3. The maximum Gasteiger partial charge on any atom is 0.337 e. The van der Waals surface area contributed by atoms with Gasteiger partial charge in [0.15, 0.2) is 0 Å². The van der Waals surface area contributed by atoms with E-state index in [4.69, 9.17) is 19.9 Å². The van der Waals surface area contributed by atoms with Gasteiger partial charge < -0.3 is 24.9 Å². The third kappa shape index (κ3) is 4.99. The highest BCUT2D eigenvalue weighted by molar-refractivity contribution is 5.91. The zero-order valence-corrected chi connectivity index (χ0v) is 18.4. The molecular formula is C24H28N2O5. The number of hydrogen-bond acceptors (Lipinski definition) is 6. The van der Waals surface area contributed by atoms with Crippen LogP contribution in [0.1, 0.15) is 54.6 Å². The Morgan fingerprint density at radius 1 is 1.06 bits per heavy atom. The lowest BCUT2D eigenvalue weighted by Crippen LogP contribution is -2.25. The first-order valence-electron chi connectivity index (χ1n) is 9.97. The van der Waals surface area contributed by atoms with Crippen LogP contribution in [-0.2, 0) is 14.3 Å². The molecule has 164 valence electrons.